The van der Waals surface area contributed by atoms with Crippen molar-refractivity contribution in [2.75, 3.05) is 5.32 Å². The molecular weight excluding hydrogens is 426 g/mol. The number of nitrogens with one attached hydrogen (secondary N) is 2. The van der Waals surface area contributed by atoms with Crippen molar-refractivity contribution in [3.05, 3.63) is 68.1 Å². The molecule has 0 atom stereocenters. The SMILES string of the molecule is Cn1c(=O)n(C)c2cc(NC(=O)CCCCCn3c(=S)[nH]c4ccccc4c3=O)ccc21. The molecule has 1 amide bonds. The minimum Gasteiger partial charge on any atom is -0.332 e. The van der Waals surface area contributed by atoms with Crippen LogP contribution in [-0.4, -0.2) is 24.6 Å². The zero-order chi connectivity index (χ0) is 22.8. The van der Waals surface area contributed by atoms with Crippen LogP contribution in [0.4, 0.5) is 5.69 Å². The number of carbonyl (C=O) groups excluding carboxylic acids is 1. The molecule has 0 unspecified atom stereocenters. The maximum atomic E-state index is 12.7. The fraction of sp³-hybridized carbons (Fsp3) is 0.304. The molecule has 0 aliphatic heterocycles. The molecule has 0 spiro atoms. The van der Waals surface area contributed by atoms with E-state index in [9.17, 15) is 14.4 Å². The van der Waals surface area contributed by atoms with E-state index in [2.05, 4.69) is 10.3 Å². The van der Waals surface area contributed by atoms with Crippen LogP contribution in [0.5, 0.6) is 0 Å². The van der Waals surface area contributed by atoms with Crippen molar-refractivity contribution in [3.63, 3.8) is 0 Å². The number of hydrogen-bond acceptors (Lipinski definition) is 4. The van der Waals surface area contributed by atoms with Crippen LogP contribution in [0, 0.1) is 4.77 Å². The van der Waals surface area contributed by atoms with Crippen LogP contribution in [0.15, 0.2) is 52.1 Å². The molecule has 2 heterocycles. The van der Waals surface area contributed by atoms with Gasteiger partial charge in [0.25, 0.3) is 5.56 Å². The van der Waals surface area contributed by atoms with Gasteiger partial charge in [-0.05, 0) is 55.4 Å². The molecule has 166 valence electrons. The molecule has 0 aliphatic rings. The first-order valence-electron chi connectivity index (χ1n) is 10.5. The number of rotatable bonds is 7. The molecule has 0 radical (unpaired) electrons. The quantitative estimate of drug-likeness (QED) is 0.332. The molecule has 2 N–H and O–H groups in total. The van der Waals surface area contributed by atoms with E-state index >= 15 is 0 Å². The van der Waals surface area contributed by atoms with Gasteiger partial charge in [0.05, 0.1) is 21.9 Å². The Kier molecular flexibility index (Phi) is 6.09. The van der Waals surface area contributed by atoms with Gasteiger partial charge in [-0.1, -0.05) is 18.6 Å². The Balaban J connectivity index is 1.31. The molecule has 4 aromatic rings. The Bertz CT molecular complexity index is 1490. The van der Waals surface area contributed by atoms with Crippen LogP contribution in [0.3, 0.4) is 0 Å². The van der Waals surface area contributed by atoms with Crippen molar-refractivity contribution in [1.82, 2.24) is 18.7 Å². The average molecular weight is 452 g/mol. The molecule has 0 saturated heterocycles. The van der Waals surface area contributed by atoms with Gasteiger partial charge >= 0.3 is 5.69 Å². The molecule has 0 aliphatic carbocycles. The molecule has 0 bridgehead atoms. The van der Waals surface area contributed by atoms with Gasteiger partial charge in [0.2, 0.25) is 5.91 Å². The van der Waals surface area contributed by atoms with E-state index in [1.165, 1.54) is 0 Å². The second-order valence-electron chi connectivity index (χ2n) is 7.90. The van der Waals surface area contributed by atoms with Crippen molar-refractivity contribution < 1.29 is 4.79 Å². The normalized spacial score (nSPS) is 11.3. The van der Waals surface area contributed by atoms with E-state index in [0.29, 0.717) is 35.2 Å². The highest BCUT2D eigenvalue weighted by molar-refractivity contribution is 7.71. The Morgan fingerprint density at radius 2 is 1.75 bits per heavy atom. The summed E-state index contributed by atoms with van der Waals surface area (Å²) in [6.45, 7) is 0.513. The lowest BCUT2D eigenvalue weighted by Crippen LogP contribution is -2.22. The molecule has 4 rings (SSSR count). The summed E-state index contributed by atoms with van der Waals surface area (Å²) in [5.41, 5.74) is 2.80. The molecule has 8 nitrogen and oxygen atoms in total. The number of unbranched alkanes of at least 4 members (excludes halogenated alkanes) is 2. The second-order valence-corrected chi connectivity index (χ2v) is 8.28. The Morgan fingerprint density at radius 1 is 1.00 bits per heavy atom. The molecule has 2 aromatic carbocycles. The first-order chi connectivity index (χ1) is 15.4. The number of carbonyl (C=O) groups is 1. The van der Waals surface area contributed by atoms with Crippen LogP contribution >= 0.6 is 12.2 Å². The maximum absolute atomic E-state index is 12.7. The smallest absolute Gasteiger partial charge is 0.328 e. The third-order valence-corrected chi connectivity index (χ3v) is 6.05. The van der Waals surface area contributed by atoms with Gasteiger partial charge in [-0.2, -0.15) is 0 Å². The van der Waals surface area contributed by atoms with E-state index in [0.717, 1.165) is 29.4 Å². The van der Waals surface area contributed by atoms with Crippen molar-refractivity contribution in [2.24, 2.45) is 14.1 Å². The summed E-state index contributed by atoms with van der Waals surface area (Å²) in [6, 6.07) is 12.8. The number of H-pyrrole nitrogens is 1. The fourth-order valence-electron chi connectivity index (χ4n) is 3.94. The summed E-state index contributed by atoms with van der Waals surface area (Å²) in [5, 5.41) is 3.52. The van der Waals surface area contributed by atoms with Gasteiger partial charge in [0.15, 0.2) is 4.77 Å². The molecule has 9 heteroatoms. The Hall–Kier alpha value is -3.46. The van der Waals surface area contributed by atoms with Gasteiger partial charge in [-0.3, -0.25) is 23.3 Å². The van der Waals surface area contributed by atoms with E-state index < -0.39 is 0 Å². The molecule has 0 fully saturated rings. The summed E-state index contributed by atoms with van der Waals surface area (Å²) in [4.78, 5) is 40.1. The summed E-state index contributed by atoms with van der Waals surface area (Å²) in [6.07, 6.45) is 2.64. The van der Waals surface area contributed by atoms with Gasteiger partial charge in [0.1, 0.15) is 0 Å². The largest absolute Gasteiger partial charge is 0.332 e. The average Bonchev–Trinajstić information content (AvgIpc) is 2.99. The van der Waals surface area contributed by atoms with Gasteiger partial charge < -0.3 is 10.3 Å². The van der Waals surface area contributed by atoms with Crippen LogP contribution in [-0.2, 0) is 25.4 Å². The van der Waals surface area contributed by atoms with Gasteiger partial charge in [-0.25, -0.2) is 4.79 Å². The highest BCUT2D eigenvalue weighted by Gasteiger charge is 2.10. The minimum atomic E-state index is -0.103. The lowest BCUT2D eigenvalue weighted by molar-refractivity contribution is -0.116. The molecule has 32 heavy (non-hydrogen) atoms. The van der Waals surface area contributed by atoms with Crippen LogP contribution in [0.2, 0.25) is 0 Å². The number of nitrogens with zero attached hydrogens (tertiary/aromatic N) is 3. The zero-order valence-corrected chi connectivity index (χ0v) is 18.9. The number of anilines is 1. The first kappa shape index (κ1) is 21.8. The fourth-order valence-corrected chi connectivity index (χ4v) is 4.23. The Labute approximate surface area is 189 Å². The number of para-hydroxylation sites is 1. The van der Waals surface area contributed by atoms with Crippen LogP contribution in [0.1, 0.15) is 25.7 Å². The number of hydrogen-bond donors (Lipinski definition) is 2. The van der Waals surface area contributed by atoms with Crippen molar-refractivity contribution in [2.45, 2.75) is 32.2 Å². The maximum Gasteiger partial charge on any atom is 0.328 e. The Morgan fingerprint density at radius 3 is 2.56 bits per heavy atom. The molecular formula is C23H25N5O3S. The molecule has 2 aromatic heterocycles. The first-order valence-corrected chi connectivity index (χ1v) is 10.9. The number of benzene rings is 2. The van der Waals surface area contributed by atoms with E-state index in [1.807, 2.05) is 30.3 Å². The second kappa shape index (κ2) is 8.96. The van der Waals surface area contributed by atoms with E-state index in [-0.39, 0.29) is 17.2 Å². The standard InChI is InChI=1S/C23H25N5O3S/c1-26-18-12-11-15(14-19(18)27(2)23(26)31)24-20(29)10-4-3-7-13-28-21(30)16-8-5-6-9-17(16)25-22(28)32/h5-6,8-9,11-12,14H,3-4,7,10,13H2,1-2H3,(H,24,29)(H,25,32). The zero-order valence-electron chi connectivity index (χ0n) is 18.1. The number of aryl methyl sites for hydroxylation is 2. The highest BCUT2D eigenvalue weighted by Crippen LogP contribution is 2.18. The predicted octanol–water partition coefficient (Wildman–Crippen LogP) is 3.45. The summed E-state index contributed by atoms with van der Waals surface area (Å²) in [7, 11) is 3.44. The highest BCUT2D eigenvalue weighted by atomic mass is 32.1. The summed E-state index contributed by atoms with van der Waals surface area (Å²) < 4.78 is 5.13. The third kappa shape index (κ3) is 4.16. The van der Waals surface area contributed by atoms with Crippen LogP contribution in [0.25, 0.3) is 21.9 Å². The number of fused-ring (bicyclic) bond motifs is 2. The summed E-state index contributed by atoms with van der Waals surface area (Å²) >= 11 is 5.33. The monoisotopic (exact) mass is 451 g/mol. The van der Waals surface area contributed by atoms with E-state index in [4.69, 9.17) is 12.2 Å². The molecule has 0 saturated carbocycles. The summed E-state index contributed by atoms with van der Waals surface area (Å²) in [5.74, 6) is -0.0783. The third-order valence-electron chi connectivity index (χ3n) is 5.73. The predicted molar refractivity (Wildman–Crippen MR) is 129 cm³/mol. The van der Waals surface area contributed by atoms with Crippen LogP contribution < -0.4 is 16.6 Å². The number of aromatic nitrogens is 4. The van der Waals surface area contributed by atoms with Gasteiger partial charge in [0, 0.05) is 32.7 Å². The van der Waals surface area contributed by atoms with Crippen molar-refractivity contribution in [1.29, 1.82) is 0 Å². The number of imidazole rings is 1. The lowest BCUT2D eigenvalue weighted by Gasteiger charge is -2.08. The minimum absolute atomic E-state index is 0.0783. The van der Waals surface area contributed by atoms with E-state index in [1.54, 1.807) is 39.9 Å². The topological polar surface area (TPSA) is 93.8 Å². The van der Waals surface area contributed by atoms with Crippen molar-refractivity contribution in [3.8, 4) is 0 Å². The van der Waals surface area contributed by atoms with Crippen molar-refractivity contribution >= 4 is 45.7 Å². The number of aromatic amines is 1. The number of amides is 1. The van der Waals surface area contributed by atoms with Gasteiger partial charge in [-0.15, -0.1) is 0 Å². The lowest BCUT2D eigenvalue weighted by atomic mass is 10.1.